The Kier molecular flexibility index (Phi) is 4.25. The number of rotatable bonds is 2. The summed E-state index contributed by atoms with van der Waals surface area (Å²) in [6, 6.07) is 24.5. The second-order valence-electron chi connectivity index (χ2n) is 7.31. The number of fused-ring (bicyclic) bond motifs is 5. The minimum atomic E-state index is -4.31. The maximum atomic E-state index is 12.8. The Morgan fingerprint density at radius 2 is 1.16 bits per heavy atom. The van der Waals surface area contributed by atoms with Crippen molar-refractivity contribution in [2.24, 2.45) is 0 Å². The average Bonchev–Trinajstić information content (AvgIpc) is 3.47. The summed E-state index contributed by atoms with van der Waals surface area (Å²) >= 11 is 5.26. The van der Waals surface area contributed by atoms with Gasteiger partial charge in [-0.15, -0.1) is 34.0 Å². The van der Waals surface area contributed by atoms with Crippen LogP contribution in [0.1, 0.15) is 5.56 Å². The van der Waals surface area contributed by atoms with Gasteiger partial charge >= 0.3 is 6.18 Å². The molecular formula is C25H13F3S3. The van der Waals surface area contributed by atoms with E-state index in [1.54, 1.807) is 23.5 Å². The summed E-state index contributed by atoms with van der Waals surface area (Å²) in [5.74, 6) is 0. The second-order valence-corrected chi connectivity index (χ2v) is 10.5. The number of alkyl halides is 3. The highest BCUT2D eigenvalue weighted by molar-refractivity contribution is 7.36. The van der Waals surface area contributed by atoms with Crippen LogP contribution in [0.5, 0.6) is 0 Å². The SMILES string of the molecule is FC(F)(F)c1ccc(-c2ccc(-c3ccc4c(c3)sc3c5ccccc5sc43)s2)cc1. The number of hydrogen-bond donors (Lipinski definition) is 0. The third kappa shape index (κ3) is 3.17. The van der Waals surface area contributed by atoms with Crippen molar-refractivity contribution < 1.29 is 13.2 Å². The van der Waals surface area contributed by atoms with E-state index in [1.165, 1.54) is 29.6 Å². The molecule has 0 aliphatic heterocycles. The van der Waals surface area contributed by atoms with E-state index in [4.69, 9.17) is 0 Å². The van der Waals surface area contributed by atoms with E-state index in [1.807, 2.05) is 34.8 Å². The molecule has 0 amide bonds. The van der Waals surface area contributed by atoms with Crippen molar-refractivity contribution in [1.82, 2.24) is 0 Å². The van der Waals surface area contributed by atoms with Gasteiger partial charge in [-0.25, -0.2) is 0 Å². The maximum absolute atomic E-state index is 12.8. The van der Waals surface area contributed by atoms with Crippen LogP contribution in [0.3, 0.4) is 0 Å². The number of hydrogen-bond acceptors (Lipinski definition) is 3. The van der Waals surface area contributed by atoms with Gasteiger partial charge in [0, 0.05) is 29.9 Å². The Hall–Kier alpha value is -2.67. The molecule has 0 aliphatic rings. The van der Waals surface area contributed by atoms with Crippen molar-refractivity contribution in [1.29, 1.82) is 0 Å². The molecule has 0 nitrogen and oxygen atoms in total. The zero-order valence-corrected chi connectivity index (χ0v) is 18.3. The Morgan fingerprint density at radius 3 is 1.90 bits per heavy atom. The number of halogens is 3. The fourth-order valence-electron chi connectivity index (χ4n) is 3.83. The Bertz CT molecular complexity index is 1560. The summed E-state index contributed by atoms with van der Waals surface area (Å²) in [7, 11) is 0. The van der Waals surface area contributed by atoms with Gasteiger partial charge < -0.3 is 0 Å². The molecule has 152 valence electrons. The van der Waals surface area contributed by atoms with Crippen LogP contribution in [-0.2, 0) is 6.18 Å². The Morgan fingerprint density at radius 1 is 0.548 bits per heavy atom. The summed E-state index contributed by atoms with van der Waals surface area (Å²) in [6.45, 7) is 0. The predicted molar refractivity (Wildman–Crippen MR) is 128 cm³/mol. The van der Waals surface area contributed by atoms with Gasteiger partial charge in [0.25, 0.3) is 0 Å². The molecule has 3 aromatic carbocycles. The van der Waals surface area contributed by atoms with Gasteiger partial charge in [-0.05, 0) is 47.5 Å². The lowest BCUT2D eigenvalue weighted by Crippen LogP contribution is -2.03. The van der Waals surface area contributed by atoms with E-state index in [2.05, 4.69) is 42.5 Å². The van der Waals surface area contributed by atoms with E-state index in [0.717, 1.165) is 33.0 Å². The van der Waals surface area contributed by atoms with E-state index in [-0.39, 0.29) is 0 Å². The molecule has 0 radical (unpaired) electrons. The van der Waals surface area contributed by atoms with Crippen LogP contribution in [0.4, 0.5) is 13.2 Å². The van der Waals surface area contributed by atoms with Crippen LogP contribution < -0.4 is 0 Å². The minimum Gasteiger partial charge on any atom is -0.166 e. The highest BCUT2D eigenvalue weighted by atomic mass is 32.1. The van der Waals surface area contributed by atoms with Crippen molar-refractivity contribution in [2.75, 3.05) is 0 Å². The normalized spacial score (nSPS) is 12.4. The van der Waals surface area contributed by atoms with E-state index in [0.29, 0.717) is 0 Å². The first-order valence-electron chi connectivity index (χ1n) is 9.59. The van der Waals surface area contributed by atoms with E-state index < -0.39 is 11.7 Å². The summed E-state index contributed by atoms with van der Waals surface area (Å²) in [5.41, 5.74) is 1.31. The average molecular weight is 467 g/mol. The third-order valence-electron chi connectivity index (χ3n) is 5.38. The van der Waals surface area contributed by atoms with Crippen molar-refractivity contribution in [2.45, 2.75) is 6.18 Å². The summed E-state index contributed by atoms with van der Waals surface area (Å²) in [6.07, 6.45) is -4.31. The van der Waals surface area contributed by atoms with Crippen LogP contribution in [0, 0.1) is 0 Å². The molecule has 6 rings (SSSR count). The van der Waals surface area contributed by atoms with Gasteiger partial charge in [0.15, 0.2) is 0 Å². The van der Waals surface area contributed by atoms with Gasteiger partial charge in [-0.3, -0.25) is 0 Å². The van der Waals surface area contributed by atoms with Gasteiger partial charge in [0.1, 0.15) is 0 Å². The van der Waals surface area contributed by atoms with Crippen molar-refractivity contribution in [3.8, 4) is 20.9 Å². The topological polar surface area (TPSA) is 0 Å². The largest absolute Gasteiger partial charge is 0.416 e. The van der Waals surface area contributed by atoms with Gasteiger partial charge in [0.05, 0.1) is 15.0 Å². The van der Waals surface area contributed by atoms with Gasteiger partial charge in [-0.2, -0.15) is 13.2 Å². The monoisotopic (exact) mass is 466 g/mol. The molecule has 31 heavy (non-hydrogen) atoms. The lowest BCUT2D eigenvalue weighted by molar-refractivity contribution is -0.137. The molecule has 0 aliphatic carbocycles. The molecule has 0 bridgehead atoms. The molecule has 3 heterocycles. The summed E-state index contributed by atoms with van der Waals surface area (Å²) in [4.78, 5) is 2.07. The minimum absolute atomic E-state index is 0.622. The third-order valence-corrected chi connectivity index (χ3v) is 9.08. The Balaban J connectivity index is 1.38. The lowest BCUT2D eigenvalue weighted by atomic mass is 10.1. The predicted octanol–water partition coefficient (Wildman–Crippen LogP) is 9.68. The molecule has 0 spiro atoms. The van der Waals surface area contributed by atoms with Crippen molar-refractivity contribution in [3.05, 3.63) is 84.4 Å². The first kappa shape index (κ1) is 19.0. The first-order valence-corrected chi connectivity index (χ1v) is 12.0. The molecule has 6 heteroatoms. The molecule has 0 unspecified atom stereocenters. The standard InChI is InChI=1S/C25H13F3S3/c26-25(27,28)16-8-5-14(6-9-16)19-11-12-20(29-19)15-7-10-18-22(13-15)31-23-17-3-1-2-4-21(17)30-24(18)23/h1-13H. The molecule has 0 N–H and O–H groups in total. The Labute approximate surface area is 187 Å². The fourth-order valence-corrected chi connectivity index (χ4v) is 7.53. The first-order chi connectivity index (χ1) is 15.0. The molecule has 6 aromatic rings. The van der Waals surface area contributed by atoms with Crippen LogP contribution in [0.2, 0.25) is 0 Å². The maximum Gasteiger partial charge on any atom is 0.416 e. The lowest BCUT2D eigenvalue weighted by Gasteiger charge is -2.06. The summed E-state index contributed by atoms with van der Waals surface area (Å²) in [5, 5.41) is 2.59. The van der Waals surface area contributed by atoms with Crippen LogP contribution >= 0.6 is 34.0 Å². The number of benzene rings is 3. The van der Waals surface area contributed by atoms with Crippen molar-refractivity contribution >= 4 is 63.6 Å². The van der Waals surface area contributed by atoms with Gasteiger partial charge in [-0.1, -0.05) is 42.5 Å². The molecular weight excluding hydrogens is 453 g/mol. The quantitative estimate of drug-likeness (QED) is 0.238. The molecule has 3 aromatic heterocycles. The van der Waals surface area contributed by atoms with E-state index >= 15 is 0 Å². The van der Waals surface area contributed by atoms with Crippen LogP contribution in [0.15, 0.2) is 78.9 Å². The van der Waals surface area contributed by atoms with Gasteiger partial charge in [0.2, 0.25) is 0 Å². The molecule has 0 atom stereocenters. The molecule has 0 fully saturated rings. The smallest absolute Gasteiger partial charge is 0.166 e. The van der Waals surface area contributed by atoms with Crippen LogP contribution in [-0.4, -0.2) is 0 Å². The number of thiophene rings is 3. The highest BCUT2D eigenvalue weighted by Gasteiger charge is 2.30. The molecule has 0 saturated heterocycles. The highest BCUT2D eigenvalue weighted by Crippen LogP contribution is 2.45. The van der Waals surface area contributed by atoms with E-state index in [9.17, 15) is 13.2 Å². The summed E-state index contributed by atoms with van der Waals surface area (Å²) < 4.78 is 43.7. The zero-order valence-electron chi connectivity index (χ0n) is 15.9. The zero-order chi connectivity index (χ0) is 21.2. The fraction of sp³-hybridized carbons (Fsp3) is 0.0400. The van der Waals surface area contributed by atoms with Crippen LogP contribution in [0.25, 0.3) is 50.5 Å². The van der Waals surface area contributed by atoms with Crippen molar-refractivity contribution in [3.63, 3.8) is 0 Å². The second kappa shape index (κ2) is 6.92. The molecule has 0 saturated carbocycles.